The molecular weight excluding hydrogens is 276 g/mol. The molecule has 1 saturated heterocycles. The Kier molecular flexibility index (Phi) is 6.82. The number of aryl methyl sites for hydroxylation is 1. The van der Waals surface area contributed by atoms with Crippen LogP contribution in [-0.4, -0.2) is 43.6 Å². The van der Waals surface area contributed by atoms with Gasteiger partial charge in [0.05, 0.1) is 7.11 Å². The highest BCUT2D eigenvalue weighted by atomic mass is 35.5. The van der Waals surface area contributed by atoms with E-state index < -0.39 is 0 Å². The summed E-state index contributed by atoms with van der Waals surface area (Å²) in [5.41, 5.74) is 1.10. The average molecular weight is 299 g/mol. The van der Waals surface area contributed by atoms with E-state index in [4.69, 9.17) is 4.74 Å². The Hall–Kier alpha value is -1.26. The summed E-state index contributed by atoms with van der Waals surface area (Å²) in [7, 11) is 1.67. The van der Waals surface area contributed by atoms with Gasteiger partial charge in [-0.05, 0) is 25.0 Å². The van der Waals surface area contributed by atoms with Gasteiger partial charge < -0.3 is 15.0 Å². The molecule has 1 unspecified atom stereocenters. The Balaban J connectivity index is 0.00000200. The van der Waals surface area contributed by atoms with Crippen molar-refractivity contribution in [2.45, 2.75) is 25.8 Å². The molecule has 20 heavy (non-hydrogen) atoms. The van der Waals surface area contributed by atoms with Gasteiger partial charge in [-0.2, -0.15) is 0 Å². The van der Waals surface area contributed by atoms with Crippen LogP contribution in [0.5, 0.6) is 5.75 Å². The zero-order valence-corrected chi connectivity index (χ0v) is 12.9. The maximum Gasteiger partial charge on any atom is 0.223 e. The highest BCUT2D eigenvalue weighted by molar-refractivity contribution is 5.85. The van der Waals surface area contributed by atoms with Crippen LogP contribution in [0.1, 0.15) is 18.9 Å². The lowest BCUT2D eigenvalue weighted by Gasteiger charge is -2.34. The van der Waals surface area contributed by atoms with Crippen molar-refractivity contribution in [2.24, 2.45) is 0 Å². The Morgan fingerprint density at radius 2 is 2.20 bits per heavy atom. The van der Waals surface area contributed by atoms with Gasteiger partial charge >= 0.3 is 0 Å². The number of halogens is 1. The van der Waals surface area contributed by atoms with Crippen LogP contribution in [0.25, 0.3) is 0 Å². The number of nitrogens with one attached hydrogen (secondary N) is 1. The number of nitrogens with zero attached hydrogens (tertiary/aromatic N) is 1. The number of ether oxygens (including phenoxy) is 1. The third-order valence-electron chi connectivity index (χ3n) is 3.62. The molecule has 0 aromatic heterocycles. The van der Waals surface area contributed by atoms with Crippen molar-refractivity contribution in [3.05, 3.63) is 29.8 Å². The van der Waals surface area contributed by atoms with Crippen molar-refractivity contribution in [2.75, 3.05) is 26.7 Å². The van der Waals surface area contributed by atoms with Crippen molar-refractivity contribution >= 4 is 18.3 Å². The number of carbonyl (C=O) groups excluding carboxylic acids is 1. The zero-order valence-electron chi connectivity index (χ0n) is 12.1. The van der Waals surface area contributed by atoms with Crippen molar-refractivity contribution in [1.82, 2.24) is 10.2 Å². The first kappa shape index (κ1) is 16.8. The van der Waals surface area contributed by atoms with E-state index in [1.54, 1.807) is 7.11 Å². The molecule has 112 valence electrons. The maximum atomic E-state index is 12.2. The van der Waals surface area contributed by atoms with Gasteiger partial charge in [-0.1, -0.05) is 18.2 Å². The fourth-order valence-corrected chi connectivity index (χ4v) is 2.51. The van der Waals surface area contributed by atoms with E-state index in [2.05, 4.69) is 12.2 Å². The van der Waals surface area contributed by atoms with Gasteiger partial charge in [-0.25, -0.2) is 0 Å². The largest absolute Gasteiger partial charge is 0.496 e. The highest BCUT2D eigenvalue weighted by Crippen LogP contribution is 2.19. The number of benzene rings is 1. The molecule has 1 heterocycles. The summed E-state index contributed by atoms with van der Waals surface area (Å²) in [6.45, 7) is 4.68. The molecule has 1 atom stereocenters. The average Bonchev–Trinajstić information content (AvgIpc) is 2.45. The van der Waals surface area contributed by atoms with E-state index in [1.165, 1.54) is 0 Å². The Morgan fingerprint density at radius 1 is 1.45 bits per heavy atom. The first-order valence-corrected chi connectivity index (χ1v) is 6.84. The molecule has 0 radical (unpaired) electrons. The molecule has 1 aromatic carbocycles. The minimum atomic E-state index is 0. The third-order valence-corrected chi connectivity index (χ3v) is 3.62. The number of methoxy groups -OCH3 is 1. The highest BCUT2D eigenvalue weighted by Gasteiger charge is 2.22. The fraction of sp³-hybridized carbons (Fsp3) is 0.533. The van der Waals surface area contributed by atoms with Gasteiger partial charge in [0.25, 0.3) is 0 Å². The van der Waals surface area contributed by atoms with Gasteiger partial charge in [-0.3, -0.25) is 4.79 Å². The minimum absolute atomic E-state index is 0. The van der Waals surface area contributed by atoms with Crippen molar-refractivity contribution in [3.63, 3.8) is 0 Å². The molecule has 1 aromatic rings. The topological polar surface area (TPSA) is 41.6 Å². The summed E-state index contributed by atoms with van der Waals surface area (Å²) in [4.78, 5) is 14.2. The summed E-state index contributed by atoms with van der Waals surface area (Å²) in [6.07, 6.45) is 1.28. The molecular formula is C15H23ClN2O2. The van der Waals surface area contributed by atoms with E-state index in [0.717, 1.165) is 37.4 Å². The van der Waals surface area contributed by atoms with Crippen LogP contribution >= 0.6 is 12.4 Å². The normalized spacial score (nSPS) is 18.3. The predicted molar refractivity (Wildman–Crippen MR) is 82.6 cm³/mol. The Labute approximate surface area is 126 Å². The smallest absolute Gasteiger partial charge is 0.223 e. The second-order valence-corrected chi connectivity index (χ2v) is 4.95. The van der Waals surface area contributed by atoms with Gasteiger partial charge in [0, 0.05) is 32.1 Å². The summed E-state index contributed by atoms with van der Waals surface area (Å²) in [6, 6.07) is 8.18. The lowest BCUT2D eigenvalue weighted by molar-refractivity contribution is -0.133. The number of hydrogen-bond donors (Lipinski definition) is 1. The van der Waals surface area contributed by atoms with Crippen LogP contribution in [0.4, 0.5) is 0 Å². The number of rotatable bonds is 4. The van der Waals surface area contributed by atoms with Crippen molar-refractivity contribution in [3.8, 4) is 5.75 Å². The van der Waals surface area contributed by atoms with Crippen LogP contribution in [-0.2, 0) is 11.2 Å². The van der Waals surface area contributed by atoms with Crippen molar-refractivity contribution < 1.29 is 9.53 Å². The predicted octanol–water partition coefficient (Wildman–Crippen LogP) is 1.87. The van der Waals surface area contributed by atoms with Gasteiger partial charge in [0.2, 0.25) is 5.91 Å². The maximum absolute atomic E-state index is 12.2. The minimum Gasteiger partial charge on any atom is -0.496 e. The number of hydrogen-bond acceptors (Lipinski definition) is 3. The Bertz CT molecular complexity index is 440. The van der Waals surface area contributed by atoms with Gasteiger partial charge in [0.15, 0.2) is 0 Å². The molecule has 1 aliphatic heterocycles. The molecule has 1 fully saturated rings. The van der Waals surface area contributed by atoms with Crippen LogP contribution in [0, 0.1) is 0 Å². The van der Waals surface area contributed by atoms with Crippen LogP contribution in [0.2, 0.25) is 0 Å². The SMILES string of the molecule is COc1ccccc1CCC(=O)N1CCNCC1C.Cl. The standard InChI is InChI=1S/C15H22N2O2.ClH/c1-12-11-16-9-10-17(12)15(18)8-7-13-5-3-4-6-14(13)19-2;/h3-6,12,16H,7-11H2,1-2H3;1H. The van der Waals surface area contributed by atoms with E-state index in [-0.39, 0.29) is 18.3 Å². The first-order chi connectivity index (χ1) is 9.22. The van der Waals surface area contributed by atoms with Crippen LogP contribution in [0.3, 0.4) is 0 Å². The number of piperazine rings is 1. The van der Waals surface area contributed by atoms with E-state index in [1.807, 2.05) is 29.2 Å². The lowest BCUT2D eigenvalue weighted by Crippen LogP contribution is -2.52. The Morgan fingerprint density at radius 3 is 2.90 bits per heavy atom. The van der Waals surface area contributed by atoms with Gasteiger partial charge in [-0.15, -0.1) is 12.4 Å². The van der Waals surface area contributed by atoms with Gasteiger partial charge in [0.1, 0.15) is 5.75 Å². The second kappa shape index (κ2) is 8.12. The molecule has 2 rings (SSSR count). The van der Waals surface area contributed by atoms with E-state index in [0.29, 0.717) is 12.5 Å². The number of para-hydroxylation sites is 1. The molecule has 0 aliphatic carbocycles. The first-order valence-electron chi connectivity index (χ1n) is 6.84. The molecule has 0 saturated carbocycles. The molecule has 4 nitrogen and oxygen atoms in total. The van der Waals surface area contributed by atoms with E-state index >= 15 is 0 Å². The van der Waals surface area contributed by atoms with Crippen LogP contribution in [0.15, 0.2) is 24.3 Å². The molecule has 5 heteroatoms. The quantitative estimate of drug-likeness (QED) is 0.923. The second-order valence-electron chi connectivity index (χ2n) is 4.95. The number of carbonyl (C=O) groups is 1. The summed E-state index contributed by atoms with van der Waals surface area (Å²) < 4.78 is 5.31. The summed E-state index contributed by atoms with van der Waals surface area (Å²) in [5, 5.41) is 3.30. The number of amides is 1. The molecule has 1 aliphatic rings. The molecule has 0 bridgehead atoms. The summed E-state index contributed by atoms with van der Waals surface area (Å²) >= 11 is 0. The third kappa shape index (κ3) is 4.12. The molecule has 1 N–H and O–H groups in total. The van der Waals surface area contributed by atoms with E-state index in [9.17, 15) is 4.79 Å². The molecule has 1 amide bonds. The van der Waals surface area contributed by atoms with Crippen LogP contribution < -0.4 is 10.1 Å². The summed E-state index contributed by atoms with van der Waals surface area (Å²) in [5.74, 6) is 1.10. The lowest BCUT2D eigenvalue weighted by atomic mass is 10.1. The molecule has 0 spiro atoms. The monoisotopic (exact) mass is 298 g/mol. The zero-order chi connectivity index (χ0) is 13.7. The fourth-order valence-electron chi connectivity index (χ4n) is 2.51. The van der Waals surface area contributed by atoms with Crippen molar-refractivity contribution in [1.29, 1.82) is 0 Å².